The van der Waals surface area contributed by atoms with Gasteiger partial charge in [-0.15, -0.1) is 0 Å². The van der Waals surface area contributed by atoms with Gasteiger partial charge < -0.3 is 25.5 Å². The van der Waals surface area contributed by atoms with Crippen molar-refractivity contribution in [1.29, 1.82) is 0 Å². The molecule has 4 aliphatic rings. The number of hydrogen-bond acceptors (Lipinski definition) is 0. The molecule has 0 unspecified atom stereocenters. The van der Waals surface area contributed by atoms with Gasteiger partial charge in [0.2, 0.25) is 0 Å². The normalized spacial score (nSPS) is 48.0. The van der Waals surface area contributed by atoms with E-state index < -0.39 is 0 Å². The molecule has 25 valence electrons. The molecule has 4 heterocycles. The Balaban J connectivity index is 0.000000200. The van der Waals surface area contributed by atoms with Gasteiger partial charge in [0, 0.05) is 0 Å². The van der Waals surface area contributed by atoms with Gasteiger partial charge in [-0.2, -0.15) is 0 Å². The van der Waals surface area contributed by atoms with E-state index in [1.807, 2.05) is 0 Å². The molecule has 0 saturated carbocycles. The summed E-state index contributed by atoms with van der Waals surface area (Å²) in [6, 6.07) is 0. The fourth-order valence-corrected chi connectivity index (χ4v) is 5.80. The minimum Gasteiger partial charge on any atom is -0.364 e. The van der Waals surface area contributed by atoms with E-state index in [4.69, 9.17) is 0 Å². The Morgan fingerprint density at radius 1 is 0.714 bits per heavy atom. The zero-order valence-corrected chi connectivity index (χ0v) is 6.27. The van der Waals surface area contributed by atoms with Gasteiger partial charge >= 0.3 is 49.4 Å². The first-order valence-corrected chi connectivity index (χ1v) is 3.33. The second-order valence-corrected chi connectivity index (χ2v) is 4.62. The quantitative estimate of drug-likeness (QED) is 0.401. The fourth-order valence-electron chi connectivity index (χ4n) is 5.80. The summed E-state index contributed by atoms with van der Waals surface area (Å²) in [4.78, 5) is 0. The standard InChI is InChI=1S/B6.Eu/c1-2-5(1)3-4(5)6(1,2)3;/q-2;+2. The Morgan fingerprint density at radius 3 is 1.00 bits per heavy atom. The summed E-state index contributed by atoms with van der Waals surface area (Å²) in [5, 5.41) is 0. The molecule has 0 aromatic rings. The maximum Gasteiger partial charge on any atom is 2.00 e. The van der Waals surface area contributed by atoms with Crippen molar-refractivity contribution in [2.45, 2.75) is 0 Å². The van der Waals surface area contributed by atoms with Crippen LogP contribution in [-0.2, 0) is 0 Å². The molecule has 0 bridgehead atoms. The van der Waals surface area contributed by atoms with E-state index >= 15 is 0 Å². The average molecular weight is 217 g/mol. The van der Waals surface area contributed by atoms with Crippen molar-refractivity contribution < 1.29 is 49.4 Å². The molecule has 1 radical (unpaired) electrons. The molecule has 4 fully saturated rings. The van der Waals surface area contributed by atoms with E-state index in [-0.39, 0.29) is 49.4 Å². The van der Waals surface area contributed by atoms with Crippen molar-refractivity contribution in [2.75, 3.05) is 0 Å². The first-order valence-electron chi connectivity index (χ1n) is 3.33. The van der Waals surface area contributed by atoms with Crippen LogP contribution < -0.4 is 0 Å². The summed E-state index contributed by atoms with van der Waals surface area (Å²) in [7, 11) is 0. The van der Waals surface area contributed by atoms with E-state index in [2.05, 4.69) is 0 Å². The minimum atomic E-state index is 0. The first-order chi connectivity index (χ1) is 2.98. The van der Waals surface area contributed by atoms with Gasteiger partial charge in [-0.1, -0.05) is 0 Å². The van der Waals surface area contributed by atoms with Crippen molar-refractivity contribution in [3.8, 4) is 0 Å². The maximum atomic E-state index is 1.50. The summed E-state index contributed by atoms with van der Waals surface area (Å²) in [6.07, 6.45) is 6.00. The summed E-state index contributed by atoms with van der Waals surface area (Å²) in [5.41, 5.74) is 1.33. The second kappa shape index (κ2) is 0.575. The van der Waals surface area contributed by atoms with E-state index in [1.54, 1.807) is 0 Å². The predicted octanol–water partition coefficient (Wildman–Crippen LogP) is -2.28. The number of hydrogen-bond donors (Lipinski definition) is 0. The third-order valence-electron chi connectivity index (χ3n) is 5.66. The molecule has 7 heteroatoms. The molecule has 4 aliphatic heterocycles. The summed E-state index contributed by atoms with van der Waals surface area (Å²) >= 11 is 0. The van der Waals surface area contributed by atoms with E-state index in [1.165, 1.54) is 25.5 Å². The Kier molecular flexibility index (Phi) is 0.327. The average Bonchev–Trinajstić information content (AvgIpc) is 2.12. The minimum absolute atomic E-state index is 0. The van der Waals surface area contributed by atoms with Gasteiger partial charge in [0.1, 0.15) is 0 Å². The molecule has 0 aromatic carbocycles. The van der Waals surface area contributed by atoms with Gasteiger partial charge in [0.15, 0.2) is 0 Å². The zero-order valence-electron chi connectivity index (χ0n) is 3.84. The summed E-state index contributed by atoms with van der Waals surface area (Å²) < 4.78 is 0. The Morgan fingerprint density at radius 2 is 1.00 bits per heavy atom. The van der Waals surface area contributed by atoms with Crippen LogP contribution in [0.15, 0.2) is 0 Å². The molecule has 0 aromatic heterocycles. The zero-order chi connectivity index (χ0) is 3.31. The molecular weight excluding hydrogens is 217 g/mol. The predicted molar refractivity (Wildman–Crippen MR) is 34.5 cm³/mol. The Bertz CT molecular complexity index is 149. The van der Waals surface area contributed by atoms with Crippen LogP contribution in [0.4, 0.5) is 0 Å². The van der Waals surface area contributed by atoms with Crippen LogP contribution in [0.25, 0.3) is 0 Å². The number of rotatable bonds is 0. The van der Waals surface area contributed by atoms with Gasteiger partial charge in [-0.05, 0) is 0 Å². The van der Waals surface area contributed by atoms with Crippen molar-refractivity contribution in [3.05, 3.63) is 0 Å². The molecule has 0 nitrogen and oxygen atoms in total. The van der Waals surface area contributed by atoms with Crippen LogP contribution in [0.1, 0.15) is 0 Å². The molecule has 0 N–H and O–H groups in total. The second-order valence-electron chi connectivity index (χ2n) is 4.62. The number of fused-ring (bicyclic) bond motifs is 10. The first kappa shape index (κ1) is 3.98. The van der Waals surface area contributed by atoms with Gasteiger partial charge in [-0.3, -0.25) is 11.4 Å². The van der Waals surface area contributed by atoms with Crippen molar-refractivity contribution in [1.82, 2.24) is 0 Å². The third-order valence-corrected chi connectivity index (χ3v) is 5.66. The van der Waals surface area contributed by atoms with Crippen LogP contribution >= 0.6 is 0 Å². The maximum absolute atomic E-state index is 1.50. The molecule has 4 rings (SSSR count). The third kappa shape index (κ3) is 0.114. The van der Waals surface area contributed by atoms with Crippen molar-refractivity contribution in [3.63, 3.8) is 0 Å². The summed E-state index contributed by atoms with van der Waals surface area (Å²) in [6.45, 7) is 0. The summed E-state index contributed by atoms with van der Waals surface area (Å²) in [5.74, 6) is 0. The molecular formula is B6Eu. The molecule has 0 atom stereocenters. The largest absolute Gasteiger partial charge is 2.00 e. The van der Waals surface area contributed by atoms with Crippen LogP contribution in [0.5, 0.6) is 0 Å². The topological polar surface area (TPSA) is 0 Å². The molecule has 2 spiro atoms. The van der Waals surface area contributed by atoms with Crippen LogP contribution in [0.2, 0.25) is 0 Å². The molecule has 0 aliphatic carbocycles. The Hall–Kier alpha value is 1.97. The van der Waals surface area contributed by atoms with Gasteiger partial charge in [-0.25, -0.2) is 0 Å². The van der Waals surface area contributed by atoms with Crippen LogP contribution in [0, 0.1) is 49.4 Å². The van der Waals surface area contributed by atoms with Crippen LogP contribution in [0.3, 0.4) is 0 Å². The van der Waals surface area contributed by atoms with Gasteiger partial charge in [0.05, 0.1) is 0 Å². The Labute approximate surface area is 84.8 Å². The smallest absolute Gasteiger partial charge is 0.364 e. The molecule has 7 heavy (non-hydrogen) atoms. The van der Waals surface area contributed by atoms with E-state index in [0.717, 1.165) is 0 Å². The molecule has 0 amide bonds. The monoisotopic (exact) mass is 219 g/mol. The van der Waals surface area contributed by atoms with E-state index in [9.17, 15) is 0 Å². The fraction of sp³-hybridized carbons (Fsp3) is 0. The molecule has 4 saturated heterocycles. The van der Waals surface area contributed by atoms with Crippen molar-refractivity contribution in [2.24, 2.45) is 0 Å². The van der Waals surface area contributed by atoms with Crippen LogP contribution in [-0.4, -0.2) is 37.0 Å². The van der Waals surface area contributed by atoms with Gasteiger partial charge in [0.25, 0.3) is 0 Å². The SMILES string of the molecule is B12B3[B-]14B1B4[B-]231.[Eu+2]. The van der Waals surface area contributed by atoms with Crippen molar-refractivity contribution >= 4 is 37.0 Å². The van der Waals surface area contributed by atoms with E-state index in [0.29, 0.717) is 11.4 Å².